The summed E-state index contributed by atoms with van der Waals surface area (Å²) < 4.78 is 0. The normalized spacial score (nSPS) is 28.7. The maximum absolute atomic E-state index is 10.6. The van der Waals surface area contributed by atoms with E-state index in [9.17, 15) is 4.79 Å². The van der Waals surface area contributed by atoms with Crippen LogP contribution < -0.4 is 0 Å². The summed E-state index contributed by atoms with van der Waals surface area (Å²) in [6, 6.07) is 1.34. The van der Waals surface area contributed by atoms with Gasteiger partial charge in [-0.15, -0.1) is 0 Å². The van der Waals surface area contributed by atoms with Gasteiger partial charge in [0.05, 0.1) is 0 Å². The van der Waals surface area contributed by atoms with Crippen LogP contribution in [0.4, 0.5) is 0 Å². The van der Waals surface area contributed by atoms with E-state index in [1.54, 1.807) is 0 Å². The lowest BCUT2D eigenvalue weighted by Crippen LogP contribution is -2.49. The van der Waals surface area contributed by atoms with Crippen LogP contribution in [0.1, 0.15) is 51.4 Å². The molecule has 1 unspecified atom stereocenters. The monoisotopic (exact) mass is 211 g/mol. The average Bonchev–Trinajstić information content (AvgIpc) is 2.14. The van der Waals surface area contributed by atoms with Crippen LogP contribution in [-0.2, 0) is 4.79 Å². The lowest BCUT2D eigenvalue weighted by Gasteiger charge is -2.45. The first-order valence-corrected chi connectivity index (χ1v) is 6.25. The number of nitrogens with zero attached hydrogens (tertiary/aromatic N) is 1. The highest BCUT2D eigenvalue weighted by Crippen LogP contribution is 2.32. The average molecular weight is 211 g/mol. The summed E-state index contributed by atoms with van der Waals surface area (Å²) in [6.07, 6.45) is 9.04. The summed E-state index contributed by atoms with van der Waals surface area (Å²) in [7, 11) is 0. The van der Waals surface area contributed by atoms with Crippen molar-refractivity contribution in [3.05, 3.63) is 0 Å². The number of piperidine rings is 1. The third kappa shape index (κ3) is 2.71. The van der Waals surface area contributed by atoms with Gasteiger partial charge >= 0.3 is 5.97 Å². The van der Waals surface area contributed by atoms with Gasteiger partial charge in [-0.1, -0.05) is 12.8 Å². The fourth-order valence-corrected chi connectivity index (χ4v) is 2.82. The van der Waals surface area contributed by atoms with Gasteiger partial charge in [-0.3, -0.25) is 9.69 Å². The van der Waals surface area contributed by atoms with Gasteiger partial charge in [0.1, 0.15) is 0 Å². The molecule has 1 aliphatic heterocycles. The number of carboxylic acids is 1. The summed E-state index contributed by atoms with van der Waals surface area (Å²) in [4.78, 5) is 13.2. The van der Waals surface area contributed by atoms with E-state index in [1.807, 2.05) is 0 Å². The Morgan fingerprint density at radius 3 is 2.60 bits per heavy atom. The second-order valence-electron chi connectivity index (χ2n) is 4.90. The maximum atomic E-state index is 10.6. The summed E-state index contributed by atoms with van der Waals surface area (Å²) in [5.41, 5.74) is 0. The second-order valence-corrected chi connectivity index (χ2v) is 4.90. The van der Waals surface area contributed by atoms with Crippen molar-refractivity contribution in [3.63, 3.8) is 0 Å². The molecule has 0 aromatic heterocycles. The van der Waals surface area contributed by atoms with Crippen molar-refractivity contribution in [2.75, 3.05) is 6.54 Å². The highest BCUT2D eigenvalue weighted by atomic mass is 16.4. The van der Waals surface area contributed by atoms with Crippen LogP contribution in [0.15, 0.2) is 0 Å². The number of aliphatic carboxylic acids is 1. The zero-order chi connectivity index (χ0) is 10.7. The first-order valence-electron chi connectivity index (χ1n) is 6.25. The molecule has 15 heavy (non-hydrogen) atoms. The zero-order valence-corrected chi connectivity index (χ0v) is 9.32. The fourth-order valence-electron chi connectivity index (χ4n) is 2.82. The molecule has 86 valence electrons. The smallest absolute Gasteiger partial charge is 0.303 e. The Hall–Kier alpha value is -0.570. The lowest BCUT2D eigenvalue weighted by molar-refractivity contribution is -0.137. The predicted molar refractivity (Wildman–Crippen MR) is 58.9 cm³/mol. The Morgan fingerprint density at radius 1 is 1.20 bits per heavy atom. The second kappa shape index (κ2) is 4.97. The van der Waals surface area contributed by atoms with Crippen molar-refractivity contribution >= 4 is 5.97 Å². The Labute approximate surface area is 91.5 Å². The topological polar surface area (TPSA) is 40.5 Å². The van der Waals surface area contributed by atoms with Crippen LogP contribution in [0.2, 0.25) is 0 Å². The quantitative estimate of drug-likeness (QED) is 0.775. The van der Waals surface area contributed by atoms with E-state index >= 15 is 0 Å². The number of hydrogen-bond acceptors (Lipinski definition) is 2. The van der Waals surface area contributed by atoms with E-state index in [-0.39, 0.29) is 0 Å². The highest BCUT2D eigenvalue weighted by Gasteiger charge is 2.31. The SMILES string of the molecule is O=C(O)CCC1CCCCN1C1CCC1. The molecule has 1 aliphatic carbocycles. The molecule has 1 atom stereocenters. The first kappa shape index (κ1) is 10.9. The molecule has 0 radical (unpaired) electrons. The first-order chi connectivity index (χ1) is 7.27. The van der Waals surface area contributed by atoms with E-state index in [4.69, 9.17) is 5.11 Å². The molecular weight excluding hydrogens is 190 g/mol. The minimum Gasteiger partial charge on any atom is -0.481 e. The van der Waals surface area contributed by atoms with Crippen molar-refractivity contribution in [2.45, 2.75) is 63.5 Å². The highest BCUT2D eigenvalue weighted by molar-refractivity contribution is 5.66. The molecule has 2 rings (SSSR count). The molecule has 2 fully saturated rings. The van der Waals surface area contributed by atoms with Crippen LogP contribution >= 0.6 is 0 Å². The van der Waals surface area contributed by atoms with Gasteiger partial charge in [-0.2, -0.15) is 0 Å². The summed E-state index contributed by atoms with van der Waals surface area (Å²) in [5.74, 6) is -0.644. The lowest BCUT2D eigenvalue weighted by atomic mass is 9.86. The fraction of sp³-hybridized carbons (Fsp3) is 0.917. The van der Waals surface area contributed by atoms with Gasteiger partial charge in [0.2, 0.25) is 0 Å². The van der Waals surface area contributed by atoms with E-state index in [0.717, 1.165) is 12.5 Å². The Morgan fingerprint density at radius 2 is 2.00 bits per heavy atom. The van der Waals surface area contributed by atoms with E-state index < -0.39 is 5.97 Å². The number of hydrogen-bond donors (Lipinski definition) is 1. The van der Waals surface area contributed by atoms with Crippen molar-refractivity contribution in [2.24, 2.45) is 0 Å². The molecular formula is C12H21NO2. The third-order valence-corrected chi connectivity index (χ3v) is 3.91. The standard InChI is InChI=1S/C12H21NO2/c14-12(15)8-7-11-4-1-2-9-13(11)10-5-3-6-10/h10-11H,1-9H2,(H,14,15). The van der Waals surface area contributed by atoms with Crippen LogP contribution in [0.5, 0.6) is 0 Å². The summed E-state index contributed by atoms with van der Waals surface area (Å²) in [5, 5.41) is 8.72. The Balaban J connectivity index is 1.84. The molecule has 1 saturated carbocycles. The molecule has 0 bridgehead atoms. The molecule has 1 heterocycles. The predicted octanol–water partition coefficient (Wildman–Crippen LogP) is 2.26. The Bertz CT molecular complexity index is 226. The number of carbonyl (C=O) groups is 1. The molecule has 2 aliphatic rings. The number of rotatable bonds is 4. The number of likely N-dealkylation sites (tertiary alicyclic amines) is 1. The Kier molecular flexibility index (Phi) is 3.62. The maximum Gasteiger partial charge on any atom is 0.303 e. The molecule has 0 aromatic rings. The molecule has 1 N–H and O–H groups in total. The van der Waals surface area contributed by atoms with Crippen molar-refractivity contribution in [1.82, 2.24) is 4.90 Å². The molecule has 3 nitrogen and oxygen atoms in total. The van der Waals surface area contributed by atoms with Gasteiger partial charge in [0.15, 0.2) is 0 Å². The van der Waals surface area contributed by atoms with E-state index in [0.29, 0.717) is 12.5 Å². The molecule has 0 aromatic carbocycles. The number of carboxylic acid groups (broad SMARTS) is 1. The largest absolute Gasteiger partial charge is 0.481 e. The zero-order valence-electron chi connectivity index (χ0n) is 9.32. The van der Waals surface area contributed by atoms with E-state index in [1.165, 1.54) is 45.1 Å². The van der Waals surface area contributed by atoms with Crippen LogP contribution in [0.3, 0.4) is 0 Å². The van der Waals surface area contributed by atoms with Gasteiger partial charge in [0, 0.05) is 18.5 Å². The van der Waals surface area contributed by atoms with Gasteiger partial charge < -0.3 is 5.11 Å². The van der Waals surface area contributed by atoms with Crippen molar-refractivity contribution in [1.29, 1.82) is 0 Å². The van der Waals surface area contributed by atoms with Crippen LogP contribution in [-0.4, -0.2) is 34.6 Å². The van der Waals surface area contributed by atoms with Crippen LogP contribution in [0, 0.1) is 0 Å². The van der Waals surface area contributed by atoms with Gasteiger partial charge in [0.25, 0.3) is 0 Å². The summed E-state index contributed by atoms with van der Waals surface area (Å²) in [6.45, 7) is 1.20. The van der Waals surface area contributed by atoms with Crippen molar-refractivity contribution < 1.29 is 9.90 Å². The molecule has 1 saturated heterocycles. The van der Waals surface area contributed by atoms with Crippen LogP contribution in [0.25, 0.3) is 0 Å². The van der Waals surface area contributed by atoms with Gasteiger partial charge in [-0.25, -0.2) is 0 Å². The molecule has 0 amide bonds. The third-order valence-electron chi connectivity index (χ3n) is 3.91. The van der Waals surface area contributed by atoms with Gasteiger partial charge in [-0.05, 0) is 38.6 Å². The summed E-state index contributed by atoms with van der Waals surface area (Å²) >= 11 is 0. The van der Waals surface area contributed by atoms with E-state index in [2.05, 4.69) is 4.90 Å². The molecule has 0 spiro atoms. The molecule has 3 heteroatoms. The minimum absolute atomic E-state index is 0.341. The minimum atomic E-state index is -0.644. The van der Waals surface area contributed by atoms with Crippen molar-refractivity contribution in [3.8, 4) is 0 Å².